The van der Waals surface area contributed by atoms with Gasteiger partial charge in [0.05, 0.1) is 5.02 Å². The molecule has 0 saturated heterocycles. The summed E-state index contributed by atoms with van der Waals surface area (Å²) in [6.45, 7) is 6.01. The van der Waals surface area contributed by atoms with Gasteiger partial charge in [-0.2, -0.15) is 4.31 Å². The highest BCUT2D eigenvalue weighted by atomic mass is 35.5. The first-order chi connectivity index (χ1) is 8.66. The standard InChI is InChI=1S/C13H21ClN2O2S/c1-9(2)7-10(3)16(4)19(17,18)13-8-11(15)5-6-12(13)14/h5-6,8-10H,7,15H2,1-4H3. The molecule has 0 aromatic heterocycles. The lowest BCUT2D eigenvalue weighted by Gasteiger charge is -2.26. The molecule has 6 heteroatoms. The summed E-state index contributed by atoms with van der Waals surface area (Å²) in [5, 5.41) is 0.192. The molecule has 1 rings (SSSR count). The Morgan fingerprint density at radius 3 is 2.42 bits per heavy atom. The number of nitrogens with zero attached hydrogens (tertiary/aromatic N) is 1. The van der Waals surface area contributed by atoms with Gasteiger partial charge in [0.1, 0.15) is 4.90 Å². The Kier molecular flexibility index (Phi) is 5.24. The average Bonchev–Trinajstić information content (AvgIpc) is 2.30. The van der Waals surface area contributed by atoms with Crippen molar-refractivity contribution < 1.29 is 8.42 Å². The van der Waals surface area contributed by atoms with Crippen LogP contribution in [-0.2, 0) is 10.0 Å². The van der Waals surface area contributed by atoms with Gasteiger partial charge in [0.2, 0.25) is 10.0 Å². The molecule has 0 heterocycles. The van der Waals surface area contributed by atoms with Gasteiger partial charge in [-0.25, -0.2) is 8.42 Å². The van der Waals surface area contributed by atoms with Crippen LogP contribution in [0.15, 0.2) is 23.1 Å². The zero-order valence-electron chi connectivity index (χ0n) is 11.7. The van der Waals surface area contributed by atoms with Gasteiger partial charge >= 0.3 is 0 Å². The molecule has 1 atom stereocenters. The summed E-state index contributed by atoms with van der Waals surface area (Å²) >= 11 is 5.97. The molecule has 1 aromatic carbocycles. The van der Waals surface area contributed by atoms with Crippen LogP contribution in [0.5, 0.6) is 0 Å². The Balaban J connectivity index is 3.13. The van der Waals surface area contributed by atoms with Crippen molar-refractivity contribution in [3.8, 4) is 0 Å². The number of rotatable bonds is 5. The first-order valence-corrected chi connectivity index (χ1v) is 8.01. The average molecular weight is 305 g/mol. The number of anilines is 1. The Morgan fingerprint density at radius 1 is 1.32 bits per heavy atom. The number of hydrogen-bond donors (Lipinski definition) is 1. The van der Waals surface area contributed by atoms with Crippen LogP contribution in [0.4, 0.5) is 5.69 Å². The van der Waals surface area contributed by atoms with Gasteiger partial charge in [-0.05, 0) is 37.5 Å². The normalized spacial score (nSPS) is 14.1. The van der Waals surface area contributed by atoms with Crippen LogP contribution in [0.25, 0.3) is 0 Å². The summed E-state index contributed by atoms with van der Waals surface area (Å²) in [6, 6.07) is 4.39. The molecular formula is C13H21ClN2O2S. The molecule has 0 bridgehead atoms. The summed E-state index contributed by atoms with van der Waals surface area (Å²) in [5.41, 5.74) is 6.02. The predicted molar refractivity (Wildman–Crippen MR) is 79.7 cm³/mol. The number of halogens is 1. The van der Waals surface area contributed by atoms with Crippen molar-refractivity contribution >= 4 is 27.3 Å². The minimum Gasteiger partial charge on any atom is -0.399 e. The third-order valence-corrected chi connectivity index (χ3v) is 5.50. The minimum atomic E-state index is -3.62. The molecule has 0 aliphatic carbocycles. The maximum Gasteiger partial charge on any atom is 0.244 e. The maximum absolute atomic E-state index is 12.5. The van der Waals surface area contributed by atoms with E-state index in [0.29, 0.717) is 11.6 Å². The molecule has 0 aliphatic rings. The molecule has 0 saturated carbocycles. The summed E-state index contributed by atoms with van der Waals surface area (Å²) in [4.78, 5) is 0.0623. The highest BCUT2D eigenvalue weighted by Gasteiger charge is 2.27. The van der Waals surface area contributed by atoms with E-state index in [1.165, 1.54) is 16.4 Å². The fourth-order valence-electron chi connectivity index (χ4n) is 1.94. The smallest absolute Gasteiger partial charge is 0.244 e. The van der Waals surface area contributed by atoms with Gasteiger partial charge in [0, 0.05) is 18.8 Å². The Labute approximate surface area is 120 Å². The van der Waals surface area contributed by atoms with Crippen molar-refractivity contribution in [1.29, 1.82) is 0 Å². The topological polar surface area (TPSA) is 63.4 Å². The minimum absolute atomic E-state index is 0.0623. The fourth-order valence-corrected chi connectivity index (χ4v) is 3.82. The van der Waals surface area contributed by atoms with E-state index in [9.17, 15) is 8.42 Å². The molecule has 1 unspecified atom stereocenters. The number of hydrogen-bond acceptors (Lipinski definition) is 3. The second kappa shape index (κ2) is 6.11. The summed E-state index contributed by atoms with van der Waals surface area (Å²) in [6.07, 6.45) is 0.787. The lowest BCUT2D eigenvalue weighted by atomic mass is 10.1. The number of benzene rings is 1. The van der Waals surface area contributed by atoms with Gasteiger partial charge < -0.3 is 5.73 Å². The van der Waals surface area contributed by atoms with Crippen LogP contribution < -0.4 is 5.73 Å². The summed E-state index contributed by atoms with van der Waals surface area (Å²) in [7, 11) is -2.04. The largest absolute Gasteiger partial charge is 0.399 e. The number of nitrogens with two attached hydrogens (primary N) is 1. The van der Waals surface area contributed by atoms with Crippen molar-refractivity contribution in [2.45, 2.75) is 38.1 Å². The second-order valence-electron chi connectivity index (χ2n) is 5.19. The van der Waals surface area contributed by atoms with Gasteiger partial charge in [-0.1, -0.05) is 25.4 Å². The molecule has 0 spiro atoms. The van der Waals surface area contributed by atoms with Gasteiger partial charge in [0.15, 0.2) is 0 Å². The molecule has 2 N–H and O–H groups in total. The molecular weight excluding hydrogens is 284 g/mol. The van der Waals surface area contributed by atoms with Crippen LogP contribution in [0, 0.1) is 5.92 Å². The van der Waals surface area contributed by atoms with Crippen molar-refractivity contribution in [2.75, 3.05) is 12.8 Å². The third kappa shape index (κ3) is 3.84. The molecule has 0 fully saturated rings. The Hall–Kier alpha value is -0.780. The lowest BCUT2D eigenvalue weighted by molar-refractivity contribution is 0.338. The molecule has 0 radical (unpaired) electrons. The van der Waals surface area contributed by atoms with Crippen LogP contribution in [0.1, 0.15) is 27.2 Å². The van der Waals surface area contributed by atoms with E-state index in [-0.39, 0.29) is 16.0 Å². The van der Waals surface area contributed by atoms with E-state index in [1.54, 1.807) is 13.1 Å². The monoisotopic (exact) mass is 304 g/mol. The van der Waals surface area contributed by atoms with E-state index < -0.39 is 10.0 Å². The third-order valence-electron chi connectivity index (χ3n) is 3.05. The molecule has 108 valence electrons. The zero-order valence-corrected chi connectivity index (χ0v) is 13.3. The van der Waals surface area contributed by atoms with Crippen molar-refractivity contribution in [2.24, 2.45) is 5.92 Å². The van der Waals surface area contributed by atoms with E-state index in [0.717, 1.165) is 6.42 Å². The number of sulfonamides is 1. The first kappa shape index (κ1) is 16.3. The Bertz CT molecular complexity index is 544. The van der Waals surface area contributed by atoms with Crippen LogP contribution in [0.2, 0.25) is 5.02 Å². The molecule has 19 heavy (non-hydrogen) atoms. The highest BCUT2D eigenvalue weighted by molar-refractivity contribution is 7.89. The maximum atomic E-state index is 12.5. The van der Waals surface area contributed by atoms with E-state index in [1.807, 2.05) is 6.92 Å². The van der Waals surface area contributed by atoms with E-state index >= 15 is 0 Å². The fraction of sp³-hybridized carbons (Fsp3) is 0.538. The second-order valence-corrected chi connectivity index (χ2v) is 7.56. The molecule has 0 aliphatic heterocycles. The SMILES string of the molecule is CC(C)CC(C)N(C)S(=O)(=O)c1cc(N)ccc1Cl. The van der Waals surface area contributed by atoms with Crippen LogP contribution >= 0.6 is 11.6 Å². The summed E-state index contributed by atoms with van der Waals surface area (Å²) < 4.78 is 26.4. The van der Waals surface area contributed by atoms with Crippen molar-refractivity contribution in [1.82, 2.24) is 4.31 Å². The summed E-state index contributed by atoms with van der Waals surface area (Å²) in [5.74, 6) is 0.420. The van der Waals surface area contributed by atoms with Gasteiger partial charge in [-0.3, -0.25) is 0 Å². The lowest BCUT2D eigenvalue weighted by Crippen LogP contribution is -2.36. The van der Waals surface area contributed by atoms with Crippen molar-refractivity contribution in [3.63, 3.8) is 0 Å². The quantitative estimate of drug-likeness (QED) is 0.851. The molecule has 0 amide bonds. The van der Waals surface area contributed by atoms with Crippen LogP contribution in [0.3, 0.4) is 0 Å². The first-order valence-electron chi connectivity index (χ1n) is 6.19. The van der Waals surface area contributed by atoms with E-state index in [2.05, 4.69) is 13.8 Å². The molecule has 4 nitrogen and oxygen atoms in total. The number of nitrogen functional groups attached to an aromatic ring is 1. The van der Waals surface area contributed by atoms with Gasteiger partial charge in [0.25, 0.3) is 0 Å². The van der Waals surface area contributed by atoms with Crippen LogP contribution in [-0.4, -0.2) is 25.8 Å². The highest BCUT2D eigenvalue weighted by Crippen LogP contribution is 2.28. The van der Waals surface area contributed by atoms with E-state index in [4.69, 9.17) is 17.3 Å². The van der Waals surface area contributed by atoms with Crippen molar-refractivity contribution in [3.05, 3.63) is 23.2 Å². The zero-order chi connectivity index (χ0) is 14.8. The van der Waals surface area contributed by atoms with Gasteiger partial charge in [-0.15, -0.1) is 0 Å². The Morgan fingerprint density at radius 2 is 1.89 bits per heavy atom. The molecule has 1 aromatic rings. The predicted octanol–water partition coefficient (Wildman–Crippen LogP) is 2.98.